The van der Waals surface area contributed by atoms with E-state index < -0.39 is 0 Å². The SMILES string of the molecule is CCCN=C(NN)NC(C)CC1CC1. The number of hydrazine groups is 1. The molecule has 1 fully saturated rings. The van der Waals surface area contributed by atoms with Crippen LogP contribution in [0.2, 0.25) is 0 Å². The van der Waals surface area contributed by atoms with E-state index in [1.54, 1.807) is 0 Å². The minimum Gasteiger partial charge on any atom is -0.353 e. The molecule has 0 aromatic rings. The molecule has 1 rings (SSSR count). The minimum atomic E-state index is 0.467. The van der Waals surface area contributed by atoms with Crippen molar-refractivity contribution in [2.75, 3.05) is 6.54 Å². The van der Waals surface area contributed by atoms with Crippen LogP contribution < -0.4 is 16.6 Å². The summed E-state index contributed by atoms with van der Waals surface area (Å²) in [5.41, 5.74) is 2.60. The van der Waals surface area contributed by atoms with E-state index in [0.717, 1.165) is 24.8 Å². The molecule has 14 heavy (non-hydrogen) atoms. The monoisotopic (exact) mass is 198 g/mol. The Bertz CT molecular complexity index is 187. The summed E-state index contributed by atoms with van der Waals surface area (Å²) in [4.78, 5) is 4.30. The lowest BCUT2D eigenvalue weighted by Crippen LogP contribution is -2.45. The lowest BCUT2D eigenvalue weighted by molar-refractivity contribution is 0.554. The van der Waals surface area contributed by atoms with Gasteiger partial charge in [-0.3, -0.25) is 10.4 Å². The van der Waals surface area contributed by atoms with Crippen molar-refractivity contribution >= 4 is 5.96 Å². The number of aliphatic imine (C=N–C) groups is 1. The van der Waals surface area contributed by atoms with Crippen LogP contribution in [0.15, 0.2) is 4.99 Å². The maximum Gasteiger partial charge on any atom is 0.205 e. The highest BCUT2D eigenvalue weighted by atomic mass is 15.3. The molecular formula is C10H22N4. The largest absolute Gasteiger partial charge is 0.353 e. The molecule has 4 nitrogen and oxygen atoms in total. The summed E-state index contributed by atoms with van der Waals surface area (Å²) in [6.07, 6.45) is 5.06. The molecule has 1 aliphatic carbocycles. The average molecular weight is 198 g/mol. The molecule has 0 spiro atoms. The van der Waals surface area contributed by atoms with Gasteiger partial charge >= 0.3 is 0 Å². The third-order valence-electron chi connectivity index (χ3n) is 2.40. The normalized spacial score (nSPS) is 19.2. The van der Waals surface area contributed by atoms with Crippen LogP contribution in [0.5, 0.6) is 0 Å². The molecule has 0 aliphatic heterocycles. The number of nitrogens with two attached hydrogens (primary N) is 1. The van der Waals surface area contributed by atoms with Gasteiger partial charge < -0.3 is 5.32 Å². The summed E-state index contributed by atoms with van der Waals surface area (Å²) >= 11 is 0. The van der Waals surface area contributed by atoms with Crippen LogP contribution >= 0.6 is 0 Å². The van der Waals surface area contributed by atoms with Crippen molar-refractivity contribution in [3.8, 4) is 0 Å². The minimum absolute atomic E-state index is 0.467. The fourth-order valence-electron chi connectivity index (χ4n) is 1.50. The van der Waals surface area contributed by atoms with Gasteiger partial charge in [0.05, 0.1) is 0 Å². The van der Waals surface area contributed by atoms with Crippen LogP contribution in [0.4, 0.5) is 0 Å². The van der Waals surface area contributed by atoms with Gasteiger partial charge in [0.2, 0.25) is 5.96 Å². The van der Waals surface area contributed by atoms with Crippen LogP contribution in [0.1, 0.15) is 39.5 Å². The Morgan fingerprint density at radius 1 is 1.57 bits per heavy atom. The van der Waals surface area contributed by atoms with Crippen LogP contribution in [-0.4, -0.2) is 18.5 Å². The van der Waals surface area contributed by atoms with Gasteiger partial charge in [0.15, 0.2) is 0 Å². The van der Waals surface area contributed by atoms with E-state index >= 15 is 0 Å². The van der Waals surface area contributed by atoms with E-state index in [4.69, 9.17) is 5.84 Å². The van der Waals surface area contributed by atoms with E-state index in [2.05, 4.69) is 29.6 Å². The van der Waals surface area contributed by atoms with Gasteiger partial charge in [-0.1, -0.05) is 19.8 Å². The number of rotatable bonds is 5. The van der Waals surface area contributed by atoms with Gasteiger partial charge in [-0.2, -0.15) is 0 Å². The van der Waals surface area contributed by atoms with Crippen LogP contribution in [0.25, 0.3) is 0 Å². The Labute approximate surface area is 86.3 Å². The van der Waals surface area contributed by atoms with Gasteiger partial charge in [-0.25, -0.2) is 5.84 Å². The molecule has 0 heterocycles. The summed E-state index contributed by atoms with van der Waals surface area (Å²) < 4.78 is 0. The zero-order valence-electron chi connectivity index (χ0n) is 9.21. The average Bonchev–Trinajstić information content (AvgIpc) is 2.95. The van der Waals surface area contributed by atoms with Crippen molar-refractivity contribution in [1.29, 1.82) is 0 Å². The molecule has 0 bridgehead atoms. The third-order valence-corrected chi connectivity index (χ3v) is 2.40. The molecule has 0 radical (unpaired) electrons. The summed E-state index contributed by atoms with van der Waals surface area (Å²) in [5.74, 6) is 7.02. The van der Waals surface area contributed by atoms with Crippen molar-refractivity contribution in [3.63, 3.8) is 0 Å². The van der Waals surface area contributed by atoms with E-state index in [0.29, 0.717) is 6.04 Å². The lowest BCUT2D eigenvalue weighted by Gasteiger charge is -2.15. The van der Waals surface area contributed by atoms with Crippen molar-refractivity contribution in [2.24, 2.45) is 16.8 Å². The van der Waals surface area contributed by atoms with Gasteiger partial charge in [-0.15, -0.1) is 0 Å². The molecule has 4 N–H and O–H groups in total. The van der Waals surface area contributed by atoms with Crippen molar-refractivity contribution < 1.29 is 0 Å². The molecule has 0 saturated heterocycles. The Morgan fingerprint density at radius 2 is 2.29 bits per heavy atom. The number of guanidine groups is 1. The second-order valence-corrected chi connectivity index (χ2v) is 4.10. The maximum atomic E-state index is 5.36. The number of nitrogens with zero attached hydrogens (tertiary/aromatic N) is 1. The van der Waals surface area contributed by atoms with Gasteiger partial charge in [0.1, 0.15) is 0 Å². The van der Waals surface area contributed by atoms with Crippen molar-refractivity contribution in [3.05, 3.63) is 0 Å². The van der Waals surface area contributed by atoms with E-state index in [1.165, 1.54) is 19.3 Å². The first-order valence-corrected chi connectivity index (χ1v) is 5.53. The fraction of sp³-hybridized carbons (Fsp3) is 0.900. The molecule has 4 heteroatoms. The molecule has 0 aromatic carbocycles. The number of nitrogens with one attached hydrogen (secondary N) is 2. The third kappa shape index (κ3) is 4.46. The van der Waals surface area contributed by atoms with Crippen molar-refractivity contribution in [1.82, 2.24) is 10.7 Å². The zero-order chi connectivity index (χ0) is 10.4. The van der Waals surface area contributed by atoms with Gasteiger partial charge in [-0.05, 0) is 25.7 Å². The molecule has 0 aromatic heterocycles. The van der Waals surface area contributed by atoms with Crippen LogP contribution in [-0.2, 0) is 0 Å². The molecule has 1 saturated carbocycles. The number of hydrogen-bond acceptors (Lipinski definition) is 2. The Kier molecular flexibility index (Phi) is 4.73. The fourth-order valence-corrected chi connectivity index (χ4v) is 1.50. The predicted octanol–water partition coefficient (Wildman–Crippen LogP) is 0.994. The van der Waals surface area contributed by atoms with Gasteiger partial charge in [0.25, 0.3) is 0 Å². The number of hydrogen-bond donors (Lipinski definition) is 3. The summed E-state index contributed by atoms with van der Waals surface area (Å²) in [5, 5.41) is 3.29. The standard InChI is InChI=1S/C10H22N4/c1-3-6-12-10(14-11)13-8(2)7-9-4-5-9/h8-9H,3-7,11H2,1-2H3,(H2,12,13,14). The molecule has 82 valence electrons. The smallest absolute Gasteiger partial charge is 0.205 e. The topological polar surface area (TPSA) is 62.4 Å². The predicted molar refractivity (Wildman–Crippen MR) is 59.9 cm³/mol. The second-order valence-electron chi connectivity index (χ2n) is 4.10. The molecule has 1 aliphatic rings. The highest BCUT2D eigenvalue weighted by Crippen LogP contribution is 2.33. The lowest BCUT2D eigenvalue weighted by atomic mass is 10.2. The quantitative estimate of drug-likeness (QED) is 0.267. The van der Waals surface area contributed by atoms with E-state index in [9.17, 15) is 0 Å². The molecule has 0 amide bonds. The van der Waals surface area contributed by atoms with Crippen LogP contribution in [0, 0.1) is 5.92 Å². The maximum absolute atomic E-state index is 5.36. The summed E-state index contributed by atoms with van der Waals surface area (Å²) in [6.45, 7) is 5.10. The molecular weight excluding hydrogens is 176 g/mol. The highest BCUT2D eigenvalue weighted by molar-refractivity contribution is 5.79. The van der Waals surface area contributed by atoms with Crippen molar-refractivity contribution in [2.45, 2.75) is 45.6 Å². The Morgan fingerprint density at radius 3 is 2.79 bits per heavy atom. The van der Waals surface area contributed by atoms with E-state index in [1.807, 2.05) is 0 Å². The van der Waals surface area contributed by atoms with Gasteiger partial charge in [0, 0.05) is 12.6 Å². The van der Waals surface area contributed by atoms with E-state index in [-0.39, 0.29) is 0 Å². The summed E-state index contributed by atoms with van der Waals surface area (Å²) in [6, 6.07) is 0.467. The van der Waals surface area contributed by atoms with Crippen LogP contribution in [0.3, 0.4) is 0 Å². The zero-order valence-corrected chi connectivity index (χ0v) is 9.21. The summed E-state index contributed by atoms with van der Waals surface area (Å²) in [7, 11) is 0. The molecule has 1 atom stereocenters. The highest BCUT2D eigenvalue weighted by Gasteiger charge is 2.23. The first kappa shape index (κ1) is 11.3. The first-order chi connectivity index (χ1) is 6.76. The Balaban J connectivity index is 2.22. The second kappa shape index (κ2) is 5.86. The first-order valence-electron chi connectivity index (χ1n) is 5.53. The Hall–Kier alpha value is -0.770. The molecule has 1 unspecified atom stereocenters.